The molecule has 3 N–H and O–H groups in total. The lowest BCUT2D eigenvalue weighted by Gasteiger charge is -2.26. The summed E-state index contributed by atoms with van der Waals surface area (Å²) in [5.74, 6) is 0. The van der Waals surface area contributed by atoms with Crippen molar-refractivity contribution in [1.82, 2.24) is 9.03 Å². The SMILES string of the molecule is NCCCNS(=O)(=O)c1cccc(S(=O)(=O)N2CCCCC2)c1. The van der Waals surface area contributed by atoms with Gasteiger partial charge in [-0.15, -0.1) is 0 Å². The van der Waals surface area contributed by atoms with Gasteiger partial charge in [0, 0.05) is 19.6 Å². The highest BCUT2D eigenvalue weighted by Gasteiger charge is 2.27. The van der Waals surface area contributed by atoms with Gasteiger partial charge in [-0.05, 0) is 44.0 Å². The van der Waals surface area contributed by atoms with Crippen molar-refractivity contribution in [3.63, 3.8) is 0 Å². The second kappa shape index (κ2) is 7.71. The first kappa shape index (κ1) is 18.3. The molecule has 7 nitrogen and oxygen atoms in total. The van der Waals surface area contributed by atoms with Crippen molar-refractivity contribution in [2.24, 2.45) is 5.73 Å². The van der Waals surface area contributed by atoms with Crippen molar-refractivity contribution in [1.29, 1.82) is 0 Å². The highest BCUT2D eigenvalue weighted by Crippen LogP contribution is 2.22. The minimum atomic E-state index is -3.73. The average molecular weight is 361 g/mol. The fourth-order valence-electron chi connectivity index (χ4n) is 2.45. The summed E-state index contributed by atoms with van der Waals surface area (Å²) < 4.78 is 53.5. The summed E-state index contributed by atoms with van der Waals surface area (Å²) in [5, 5.41) is 0. The fraction of sp³-hybridized carbons (Fsp3) is 0.571. The van der Waals surface area contributed by atoms with Crippen LogP contribution in [0.25, 0.3) is 0 Å². The lowest BCUT2D eigenvalue weighted by atomic mass is 10.2. The summed E-state index contributed by atoms with van der Waals surface area (Å²) in [5.41, 5.74) is 5.34. The number of piperidine rings is 1. The molecule has 0 radical (unpaired) electrons. The van der Waals surface area contributed by atoms with E-state index in [1.807, 2.05) is 0 Å². The number of hydrogen-bond acceptors (Lipinski definition) is 5. The van der Waals surface area contributed by atoms with Crippen molar-refractivity contribution in [3.05, 3.63) is 24.3 Å². The monoisotopic (exact) mass is 361 g/mol. The zero-order valence-electron chi connectivity index (χ0n) is 12.9. The number of nitrogens with zero attached hydrogens (tertiary/aromatic N) is 1. The fourth-order valence-corrected chi connectivity index (χ4v) is 5.21. The molecule has 1 aromatic carbocycles. The van der Waals surface area contributed by atoms with Crippen LogP contribution in [-0.4, -0.2) is 47.3 Å². The van der Waals surface area contributed by atoms with Gasteiger partial charge in [-0.25, -0.2) is 21.6 Å². The van der Waals surface area contributed by atoms with Crippen LogP contribution in [0.4, 0.5) is 0 Å². The Morgan fingerprint density at radius 1 is 1.04 bits per heavy atom. The summed E-state index contributed by atoms with van der Waals surface area (Å²) in [6, 6.07) is 5.49. The van der Waals surface area contributed by atoms with Crippen LogP contribution < -0.4 is 10.5 Å². The van der Waals surface area contributed by atoms with Gasteiger partial charge < -0.3 is 5.73 Å². The quantitative estimate of drug-likeness (QED) is 0.687. The molecule has 0 aromatic heterocycles. The lowest BCUT2D eigenvalue weighted by Crippen LogP contribution is -2.35. The molecule has 1 aliphatic heterocycles. The molecular formula is C14H23N3O4S2. The van der Waals surface area contributed by atoms with E-state index in [1.54, 1.807) is 0 Å². The van der Waals surface area contributed by atoms with Gasteiger partial charge in [0.2, 0.25) is 20.0 Å². The van der Waals surface area contributed by atoms with Gasteiger partial charge in [0.1, 0.15) is 0 Å². The number of nitrogens with one attached hydrogen (secondary N) is 1. The van der Waals surface area contributed by atoms with E-state index in [0.29, 0.717) is 26.1 Å². The Hall–Kier alpha value is -1.00. The Bertz CT molecular complexity index is 726. The maximum absolute atomic E-state index is 12.6. The van der Waals surface area contributed by atoms with Crippen molar-refractivity contribution in [2.45, 2.75) is 35.5 Å². The van der Waals surface area contributed by atoms with E-state index in [1.165, 1.54) is 28.6 Å². The van der Waals surface area contributed by atoms with E-state index >= 15 is 0 Å². The molecule has 0 saturated carbocycles. The highest BCUT2D eigenvalue weighted by molar-refractivity contribution is 7.90. The standard InChI is InChI=1S/C14H23N3O4S2/c15-8-5-9-16-22(18,19)13-6-4-7-14(12-13)23(20,21)17-10-2-1-3-11-17/h4,6-7,12,16H,1-3,5,8-11,15H2. The van der Waals surface area contributed by atoms with Gasteiger partial charge in [-0.1, -0.05) is 12.5 Å². The maximum Gasteiger partial charge on any atom is 0.243 e. The molecule has 9 heteroatoms. The third-order valence-corrected chi connectivity index (χ3v) is 7.09. The molecule has 0 bridgehead atoms. The van der Waals surface area contributed by atoms with Crippen LogP contribution in [0.2, 0.25) is 0 Å². The molecule has 0 aliphatic carbocycles. The van der Waals surface area contributed by atoms with E-state index < -0.39 is 20.0 Å². The van der Waals surface area contributed by atoms with E-state index in [0.717, 1.165) is 19.3 Å². The molecule has 23 heavy (non-hydrogen) atoms. The third-order valence-electron chi connectivity index (χ3n) is 3.74. The Morgan fingerprint density at radius 3 is 2.35 bits per heavy atom. The molecule has 1 heterocycles. The molecule has 0 atom stereocenters. The Morgan fingerprint density at radius 2 is 1.70 bits per heavy atom. The largest absolute Gasteiger partial charge is 0.330 e. The van der Waals surface area contributed by atoms with Gasteiger partial charge in [0.25, 0.3) is 0 Å². The van der Waals surface area contributed by atoms with Gasteiger partial charge in [0.05, 0.1) is 9.79 Å². The molecular weight excluding hydrogens is 338 g/mol. The Kier molecular flexibility index (Phi) is 6.15. The number of nitrogens with two attached hydrogens (primary N) is 1. The first-order valence-corrected chi connectivity index (χ1v) is 10.6. The Balaban J connectivity index is 2.25. The van der Waals surface area contributed by atoms with Crippen LogP contribution in [0.1, 0.15) is 25.7 Å². The molecule has 2 rings (SSSR count). The van der Waals surface area contributed by atoms with E-state index in [4.69, 9.17) is 5.73 Å². The molecule has 130 valence electrons. The van der Waals surface area contributed by atoms with Crippen LogP contribution in [0, 0.1) is 0 Å². The van der Waals surface area contributed by atoms with Crippen LogP contribution in [0.3, 0.4) is 0 Å². The normalized spacial score (nSPS) is 17.3. The second-order valence-electron chi connectivity index (χ2n) is 5.48. The average Bonchev–Trinajstić information content (AvgIpc) is 2.56. The van der Waals surface area contributed by atoms with Gasteiger partial charge in [-0.3, -0.25) is 0 Å². The number of hydrogen-bond donors (Lipinski definition) is 2. The lowest BCUT2D eigenvalue weighted by molar-refractivity contribution is 0.346. The highest BCUT2D eigenvalue weighted by atomic mass is 32.2. The second-order valence-corrected chi connectivity index (χ2v) is 9.18. The first-order valence-electron chi connectivity index (χ1n) is 7.68. The van der Waals surface area contributed by atoms with Crippen molar-refractivity contribution < 1.29 is 16.8 Å². The first-order chi connectivity index (χ1) is 10.9. The van der Waals surface area contributed by atoms with E-state index in [2.05, 4.69) is 4.72 Å². The van der Waals surface area contributed by atoms with Crippen LogP contribution in [0.15, 0.2) is 34.1 Å². The van der Waals surface area contributed by atoms with Crippen LogP contribution in [-0.2, 0) is 20.0 Å². The van der Waals surface area contributed by atoms with E-state index in [-0.39, 0.29) is 16.3 Å². The van der Waals surface area contributed by atoms with Crippen molar-refractivity contribution >= 4 is 20.0 Å². The predicted octanol–water partition coefficient (Wildman–Crippen LogP) is 0.488. The topological polar surface area (TPSA) is 110 Å². The molecule has 0 unspecified atom stereocenters. The number of rotatable bonds is 7. The molecule has 0 spiro atoms. The van der Waals surface area contributed by atoms with E-state index in [9.17, 15) is 16.8 Å². The zero-order chi connectivity index (χ0) is 16.9. The summed E-state index contributed by atoms with van der Waals surface area (Å²) in [7, 11) is -7.38. The maximum atomic E-state index is 12.6. The van der Waals surface area contributed by atoms with Crippen LogP contribution in [0.5, 0.6) is 0 Å². The number of sulfonamides is 2. The number of benzene rings is 1. The predicted molar refractivity (Wildman–Crippen MR) is 87.9 cm³/mol. The minimum Gasteiger partial charge on any atom is -0.330 e. The van der Waals surface area contributed by atoms with Gasteiger partial charge in [-0.2, -0.15) is 4.31 Å². The minimum absolute atomic E-state index is 0.0149. The smallest absolute Gasteiger partial charge is 0.243 e. The molecule has 1 aliphatic rings. The summed E-state index contributed by atoms with van der Waals surface area (Å²) >= 11 is 0. The zero-order valence-corrected chi connectivity index (χ0v) is 14.6. The third kappa shape index (κ3) is 4.51. The molecule has 0 amide bonds. The Labute approximate surface area is 138 Å². The molecule has 1 aromatic rings. The molecule has 1 fully saturated rings. The summed E-state index contributed by atoms with van der Waals surface area (Å²) in [4.78, 5) is -0.0336. The van der Waals surface area contributed by atoms with Gasteiger partial charge >= 0.3 is 0 Å². The summed E-state index contributed by atoms with van der Waals surface area (Å²) in [6.45, 7) is 1.57. The van der Waals surface area contributed by atoms with Crippen molar-refractivity contribution in [2.75, 3.05) is 26.2 Å². The van der Waals surface area contributed by atoms with Gasteiger partial charge in [0.15, 0.2) is 0 Å². The van der Waals surface area contributed by atoms with Crippen LogP contribution >= 0.6 is 0 Å². The molecule has 1 saturated heterocycles. The van der Waals surface area contributed by atoms with Crippen molar-refractivity contribution in [3.8, 4) is 0 Å². The summed E-state index contributed by atoms with van der Waals surface area (Å²) in [6.07, 6.45) is 3.20.